The van der Waals surface area contributed by atoms with E-state index in [2.05, 4.69) is 26.0 Å². The summed E-state index contributed by atoms with van der Waals surface area (Å²) < 4.78 is 12.0. The van der Waals surface area contributed by atoms with Gasteiger partial charge in [0.1, 0.15) is 11.5 Å². The van der Waals surface area contributed by atoms with Crippen LogP contribution in [0.3, 0.4) is 0 Å². The maximum Gasteiger partial charge on any atom is 0.127 e. The van der Waals surface area contributed by atoms with Crippen molar-refractivity contribution >= 4 is 0 Å². The normalized spacial score (nSPS) is 10.7. The smallest absolute Gasteiger partial charge is 0.127 e. The molecule has 4 nitrogen and oxygen atoms in total. The van der Waals surface area contributed by atoms with Crippen molar-refractivity contribution in [1.82, 2.24) is 0 Å². The zero-order valence-electron chi connectivity index (χ0n) is 14.7. The first-order valence-corrected chi connectivity index (χ1v) is 8.54. The minimum Gasteiger partial charge on any atom is -0.493 e. The molecule has 2 rings (SSSR count). The molecular weight excluding hydrogens is 300 g/mol. The second-order valence-corrected chi connectivity index (χ2v) is 5.88. The van der Waals surface area contributed by atoms with Crippen LogP contribution in [0.2, 0.25) is 0 Å². The summed E-state index contributed by atoms with van der Waals surface area (Å²) in [6.45, 7) is 6.67. The van der Waals surface area contributed by atoms with E-state index in [1.807, 2.05) is 24.3 Å². The minimum absolute atomic E-state index is 0.613. The number of hydrogen-bond acceptors (Lipinski definition) is 4. The predicted octanol–water partition coefficient (Wildman–Crippen LogP) is 3.43. The van der Waals surface area contributed by atoms with Gasteiger partial charge in [-0.1, -0.05) is 24.3 Å². The van der Waals surface area contributed by atoms with Crippen LogP contribution in [0.1, 0.15) is 24.0 Å². The molecule has 0 amide bonds. The third kappa shape index (κ3) is 4.49. The van der Waals surface area contributed by atoms with Gasteiger partial charge in [-0.3, -0.25) is 0 Å². The van der Waals surface area contributed by atoms with Crippen molar-refractivity contribution in [2.45, 2.75) is 26.7 Å². The lowest BCUT2D eigenvalue weighted by Crippen LogP contribution is -2.08. The van der Waals surface area contributed by atoms with Crippen LogP contribution in [0.5, 0.6) is 11.5 Å². The third-order valence-corrected chi connectivity index (χ3v) is 3.93. The van der Waals surface area contributed by atoms with Crippen LogP contribution in [-0.2, 0) is 0 Å². The zero-order valence-corrected chi connectivity index (χ0v) is 14.7. The van der Waals surface area contributed by atoms with Gasteiger partial charge in [-0.15, -0.1) is 0 Å². The van der Waals surface area contributed by atoms with Gasteiger partial charge in [-0.2, -0.15) is 0 Å². The third-order valence-electron chi connectivity index (χ3n) is 3.93. The maximum absolute atomic E-state index is 5.99. The molecular formula is C20H28N2O2. The maximum atomic E-state index is 5.99. The van der Waals surface area contributed by atoms with Crippen LogP contribution in [0.15, 0.2) is 36.4 Å². The second-order valence-electron chi connectivity index (χ2n) is 5.88. The van der Waals surface area contributed by atoms with E-state index < -0.39 is 0 Å². The van der Waals surface area contributed by atoms with Crippen LogP contribution in [0, 0.1) is 13.8 Å². The molecule has 4 heteroatoms. The van der Waals surface area contributed by atoms with Crippen LogP contribution >= 0.6 is 0 Å². The largest absolute Gasteiger partial charge is 0.493 e. The molecule has 0 atom stereocenters. The molecule has 0 bridgehead atoms. The molecule has 4 N–H and O–H groups in total. The van der Waals surface area contributed by atoms with Gasteiger partial charge in [0, 0.05) is 11.1 Å². The van der Waals surface area contributed by atoms with Gasteiger partial charge in [0.25, 0.3) is 0 Å². The molecule has 0 spiro atoms. The van der Waals surface area contributed by atoms with Crippen LogP contribution in [-0.4, -0.2) is 26.3 Å². The molecule has 0 saturated heterocycles. The van der Waals surface area contributed by atoms with E-state index in [1.54, 1.807) is 0 Å². The first kappa shape index (κ1) is 18.3. The standard InChI is InChI=1S/C20H28N2O2/c1-15-7-3-9-17(23-13-5-11-21)19(15)20-16(2)8-4-10-18(20)24-14-6-12-22/h3-4,7-10H,5-6,11-14,21-22H2,1-2H3. The minimum atomic E-state index is 0.613. The van der Waals surface area contributed by atoms with Gasteiger partial charge in [0.2, 0.25) is 0 Å². The summed E-state index contributed by atoms with van der Waals surface area (Å²) in [5.41, 5.74) is 15.7. The number of ether oxygens (including phenoxy) is 2. The molecule has 0 aliphatic heterocycles. The van der Waals surface area contributed by atoms with Crippen molar-refractivity contribution in [3.8, 4) is 22.6 Å². The fourth-order valence-corrected chi connectivity index (χ4v) is 2.69. The summed E-state index contributed by atoms with van der Waals surface area (Å²) in [4.78, 5) is 0. The predicted molar refractivity (Wildman–Crippen MR) is 99.7 cm³/mol. The molecule has 130 valence electrons. The monoisotopic (exact) mass is 328 g/mol. The average molecular weight is 328 g/mol. The van der Waals surface area contributed by atoms with Crippen LogP contribution < -0.4 is 20.9 Å². The lowest BCUT2D eigenvalue weighted by Gasteiger charge is -2.19. The Hall–Kier alpha value is -2.04. The first-order valence-electron chi connectivity index (χ1n) is 8.54. The molecule has 0 aromatic heterocycles. The molecule has 0 saturated carbocycles. The lowest BCUT2D eigenvalue weighted by atomic mass is 9.94. The van der Waals surface area contributed by atoms with E-state index in [1.165, 1.54) is 11.1 Å². The highest BCUT2D eigenvalue weighted by Crippen LogP contribution is 2.41. The molecule has 0 unspecified atom stereocenters. The average Bonchev–Trinajstić information content (AvgIpc) is 2.57. The summed E-state index contributed by atoms with van der Waals surface area (Å²) in [5.74, 6) is 1.75. The molecule has 0 aliphatic carbocycles. The molecule has 0 fully saturated rings. The SMILES string of the molecule is Cc1cccc(OCCCN)c1-c1c(C)cccc1OCCCN. The Morgan fingerprint density at radius 3 is 1.50 bits per heavy atom. The second kappa shape index (κ2) is 9.30. The highest BCUT2D eigenvalue weighted by molar-refractivity contribution is 5.81. The summed E-state index contributed by atoms with van der Waals surface area (Å²) in [5, 5.41) is 0. The Balaban J connectivity index is 2.43. The fraction of sp³-hybridized carbons (Fsp3) is 0.400. The molecule has 0 aliphatic rings. The van der Waals surface area contributed by atoms with Crippen molar-refractivity contribution in [2.24, 2.45) is 11.5 Å². The number of benzene rings is 2. The van der Waals surface area contributed by atoms with E-state index >= 15 is 0 Å². The molecule has 2 aromatic carbocycles. The number of nitrogens with two attached hydrogens (primary N) is 2. The van der Waals surface area contributed by atoms with Crippen LogP contribution in [0.25, 0.3) is 11.1 Å². The Bertz CT molecular complexity index is 599. The number of hydrogen-bond donors (Lipinski definition) is 2. The van der Waals surface area contributed by atoms with Crippen molar-refractivity contribution in [2.75, 3.05) is 26.3 Å². The Morgan fingerprint density at radius 1 is 0.708 bits per heavy atom. The first-order chi connectivity index (χ1) is 11.7. The van der Waals surface area contributed by atoms with E-state index in [9.17, 15) is 0 Å². The van der Waals surface area contributed by atoms with Crippen molar-refractivity contribution in [3.63, 3.8) is 0 Å². The molecule has 0 radical (unpaired) electrons. The van der Waals surface area contributed by atoms with Crippen molar-refractivity contribution < 1.29 is 9.47 Å². The van der Waals surface area contributed by atoms with E-state index in [4.69, 9.17) is 20.9 Å². The summed E-state index contributed by atoms with van der Waals surface area (Å²) >= 11 is 0. The van der Waals surface area contributed by atoms with Gasteiger partial charge in [-0.25, -0.2) is 0 Å². The Morgan fingerprint density at radius 2 is 1.12 bits per heavy atom. The fourth-order valence-electron chi connectivity index (χ4n) is 2.69. The van der Waals surface area contributed by atoms with Crippen molar-refractivity contribution in [3.05, 3.63) is 47.5 Å². The molecule has 24 heavy (non-hydrogen) atoms. The Kier molecular flexibility index (Phi) is 7.09. The van der Waals surface area contributed by atoms with E-state index in [0.29, 0.717) is 26.3 Å². The van der Waals surface area contributed by atoms with Gasteiger partial charge in [-0.05, 0) is 63.0 Å². The van der Waals surface area contributed by atoms with Gasteiger partial charge >= 0.3 is 0 Å². The number of aryl methyl sites for hydroxylation is 2. The lowest BCUT2D eigenvalue weighted by molar-refractivity contribution is 0.310. The molecule has 0 heterocycles. The quantitative estimate of drug-likeness (QED) is 0.692. The highest BCUT2D eigenvalue weighted by atomic mass is 16.5. The van der Waals surface area contributed by atoms with Crippen molar-refractivity contribution in [1.29, 1.82) is 0 Å². The molecule has 2 aromatic rings. The van der Waals surface area contributed by atoms with Crippen LogP contribution in [0.4, 0.5) is 0 Å². The van der Waals surface area contributed by atoms with Gasteiger partial charge < -0.3 is 20.9 Å². The van der Waals surface area contributed by atoms with E-state index in [0.717, 1.165) is 35.5 Å². The summed E-state index contributed by atoms with van der Waals surface area (Å²) in [6, 6.07) is 12.3. The topological polar surface area (TPSA) is 70.5 Å². The zero-order chi connectivity index (χ0) is 17.4. The highest BCUT2D eigenvalue weighted by Gasteiger charge is 2.16. The Labute approximate surface area is 144 Å². The van der Waals surface area contributed by atoms with Gasteiger partial charge in [0.15, 0.2) is 0 Å². The van der Waals surface area contributed by atoms with E-state index in [-0.39, 0.29) is 0 Å². The summed E-state index contributed by atoms with van der Waals surface area (Å²) in [6.07, 6.45) is 1.67. The number of rotatable bonds is 9. The summed E-state index contributed by atoms with van der Waals surface area (Å²) in [7, 11) is 0. The van der Waals surface area contributed by atoms with Gasteiger partial charge in [0.05, 0.1) is 13.2 Å².